The van der Waals surface area contributed by atoms with Crippen LogP contribution < -0.4 is 5.32 Å². The van der Waals surface area contributed by atoms with E-state index in [0.717, 1.165) is 0 Å². The largest absolute Gasteiger partial charge is 0.305 e. The van der Waals surface area contributed by atoms with Gasteiger partial charge in [-0.15, -0.1) is 0 Å². The summed E-state index contributed by atoms with van der Waals surface area (Å²) in [4.78, 5) is 10.3. The molecule has 2 rings (SSSR count). The SMILES string of the molecule is O=[N+]([O-])c1cccc(CNC2C=CS(=O)(=O)C2)c1Br. The maximum Gasteiger partial charge on any atom is 0.283 e. The standard InChI is InChI=1S/C11H11BrN2O4S/c12-11-8(2-1-3-10(11)14(15)16)6-13-9-4-5-19(17,18)7-9/h1-5,9,13H,6-7H2. The summed E-state index contributed by atoms with van der Waals surface area (Å²) in [6.45, 7) is 0.354. The van der Waals surface area contributed by atoms with Crippen LogP contribution in [0.2, 0.25) is 0 Å². The minimum atomic E-state index is -3.09. The molecular formula is C11H11BrN2O4S. The van der Waals surface area contributed by atoms with Gasteiger partial charge in [0, 0.05) is 24.1 Å². The molecule has 0 saturated heterocycles. The van der Waals surface area contributed by atoms with E-state index in [1.165, 1.54) is 11.5 Å². The highest BCUT2D eigenvalue weighted by Crippen LogP contribution is 2.28. The summed E-state index contributed by atoms with van der Waals surface area (Å²) >= 11 is 3.20. The third-order valence-corrected chi connectivity index (χ3v) is 5.05. The molecule has 1 unspecified atom stereocenters. The van der Waals surface area contributed by atoms with Gasteiger partial charge in [-0.1, -0.05) is 18.2 Å². The highest BCUT2D eigenvalue weighted by molar-refractivity contribution is 9.10. The molecule has 1 aromatic rings. The number of nitro groups is 1. The van der Waals surface area contributed by atoms with Crippen LogP contribution in [0.25, 0.3) is 0 Å². The Hall–Kier alpha value is -1.25. The molecule has 1 aromatic carbocycles. The number of nitrogens with one attached hydrogen (secondary N) is 1. The van der Waals surface area contributed by atoms with Gasteiger partial charge in [0.25, 0.3) is 5.69 Å². The molecule has 1 atom stereocenters. The van der Waals surface area contributed by atoms with Gasteiger partial charge in [0.05, 0.1) is 15.1 Å². The van der Waals surface area contributed by atoms with Crippen LogP contribution in [-0.4, -0.2) is 25.1 Å². The number of nitrogens with zero attached hydrogens (tertiary/aromatic N) is 1. The normalized spacial score (nSPS) is 20.6. The molecule has 6 nitrogen and oxygen atoms in total. The van der Waals surface area contributed by atoms with Gasteiger partial charge in [0.15, 0.2) is 9.84 Å². The van der Waals surface area contributed by atoms with Crippen LogP contribution in [0.3, 0.4) is 0 Å². The van der Waals surface area contributed by atoms with E-state index in [9.17, 15) is 18.5 Å². The van der Waals surface area contributed by atoms with E-state index in [0.29, 0.717) is 16.6 Å². The smallest absolute Gasteiger partial charge is 0.283 e. The molecule has 0 aliphatic carbocycles. The Bertz CT molecular complexity index is 642. The van der Waals surface area contributed by atoms with Crippen LogP contribution in [-0.2, 0) is 16.4 Å². The Kier molecular flexibility index (Phi) is 4.02. The van der Waals surface area contributed by atoms with E-state index < -0.39 is 14.8 Å². The van der Waals surface area contributed by atoms with Crippen molar-refractivity contribution in [3.8, 4) is 0 Å². The number of sulfone groups is 1. The minimum Gasteiger partial charge on any atom is -0.305 e. The lowest BCUT2D eigenvalue weighted by atomic mass is 10.2. The van der Waals surface area contributed by atoms with E-state index in [4.69, 9.17) is 0 Å². The molecule has 0 spiro atoms. The number of halogens is 1. The number of rotatable bonds is 4. The first-order valence-corrected chi connectivity index (χ1v) is 7.96. The molecular weight excluding hydrogens is 336 g/mol. The van der Waals surface area contributed by atoms with Crippen molar-refractivity contribution in [3.63, 3.8) is 0 Å². The fraction of sp³-hybridized carbons (Fsp3) is 0.273. The van der Waals surface area contributed by atoms with Gasteiger partial charge in [0.1, 0.15) is 0 Å². The predicted octanol–water partition coefficient (Wildman–Crippen LogP) is 1.76. The van der Waals surface area contributed by atoms with Crippen LogP contribution in [0.5, 0.6) is 0 Å². The topological polar surface area (TPSA) is 89.3 Å². The highest BCUT2D eigenvalue weighted by atomic mass is 79.9. The van der Waals surface area contributed by atoms with E-state index in [2.05, 4.69) is 21.2 Å². The molecule has 0 bridgehead atoms. The van der Waals surface area contributed by atoms with Crippen LogP contribution in [0.15, 0.2) is 34.2 Å². The van der Waals surface area contributed by atoms with Crippen LogP contribution in [0.4, 0.5) is 5.69 Å². The lowest BCUT2D eigenvalue weighted by Crippen LogP contribution is -2.29. The molecule has 0 fully saturated rings. The fourth-order valence-electron chi connectivity index (χ4n) is 1.79. The molecule has 0 aromatic heterocycles. The van der Waals surface area contributed by atoms with Gasteiger partial charge in [-0.3, -0.25) is 10.1 Å². The fourth-order valence-corrected chi connectivity index (χ4v) is 3.61. The van der Waals surface area contributed by atoms with Crippen molar-refractivity contribution in [2.75, 3.05) is 5.75 Å². The van der Waals surface area contributed by atoms with Crippen LogP contribution in [0.1, 0.15) is 5.56 Å². The molecule has 1 heterocycles. The lowest BCUT2D eigenvalue weighted by Gasteiger charge is -2.11. The Balaban J connectivity index is 2.07. The summed E-state index contributed by atoms with van der Waals surface area (Å²) in [6, 6.07) is 4.50. The van der Waals surface area contributed by atoms with Gasteiger partial charge in [0.2, 0.25) is 0 Å². The first kappa shape index (κ1) is 14.2. The minimum absolute atomic E-state index is 0.00566. The molecule has 102 valence electrons. The van der Waals surface area contributed by atoms with E-state index in [1.807, 2.05) is 0 Å². The van der Waals surface area contributed by atoms with Crippen molar-refractivity contribution in [2.24, 2.45) is 0 Å². The number of nitro benzene ring substituents is 1. The number of hydrogen-bond acceptors (Lipinski definition) is 5. The number of benzene rings is 1. The van der Waals surface area contributed by atoms with Crippen LogP contribution in [0, 0.1) is 10.1 Å². The Morgan fingerprint density at radius 1 is 1.47 bits per heavy atom. The lowest BCUT2D eigenvalue weighted by molar-refractivity contribution is -0.385. The molecule has 1 N–H and O–H groups in total. The summed E-state index contributed by atoms with van der Waals surface area (Å²) in [5.41, 5.74) is 0.709. The summed E-state index contributed by atoms with van der Waals surface area (Å²) in [6.07, 6.45) is 1.58. The maximum atomic E-state index is 11.2. The zero-order chi connectivity index (χ0) is 14.0. The summed E-state index contributed by atoms with van der Waals surface area (Å²) in [5.74, 6) is 0.0273. The van der Waals surface area contributed by atoms with Crippen molar-refractivity contribution < 1.29 is 13.3 Å². The molecule has 0 saturated carbocycles. The summed E-state index contributed by atoms with van der Waals surface area (Å²) in [7, 11) is -3.09. The second kappa shape index (κ2) is 5.40. The number of hydrogen-bond donors (Lipinski definition) is 1. The molecule has 1 aliphatic rings. The maximum absolute atomic E-state index is 11.2. The van der Waals surface area contributed by atoms with Crippen molar-refractivity contribution in [3.05, 3.63) is 49.8 Å². The average Bonchev–Trinajstić information content (AvgIpc) is 2.67. The molecule has 19 heavy (non-hydrogen) atoms. The van der Waals surface area contributed by atoms with E-state index in [-0.39, 0.29) is 17.5 Å². The Morgan fingerprint density at radius 2 is 2.21 bits per heavy atom. The first-order chi connectivity index (χ1) is 8.89. The zero-order valence-electron chi connectivity index (χ0n) is 9.74. The van der Waals surface area contributed by atoms with Gasteiger partial charge in [-0.05, 0) is 21.5 Å². The first-order valence-electron chi connectivity index (χ1n) is 5.45. The van der Waals surface area contributed by atoms with Gasteiger partial charge in [-0.25, -0.2) is 8.42 Å². The van der Waals surface area contributed by atoms with Crippen molar-refractivity contribution in [2.45, 2.75) is 12.6 Å². The second-order valence-electron chi connectivity index (χ2n) is 4.15. The predicted molar refractivity (Wildman–Crippen MR) is 74.4 cm³/mol. The third kappa shape index (κ3) is 3.40. The van der Waals surface area contributed by atoms with Crippen molar-refractivity contribution >= 4 is 31.5 Å². The quantitative estimate of drug-likeness (QED) is 0.662. The highest BCUT2D eigenvalue weighted by Gasteiger charge is 2.22. The Morgan fingerprint density at radius 3 is 2.79 bits per heavy atom. The third-order valence-electron chi connectivity index (χ3n) is 2.74. The average molecular weight is 347 g/mol. The van der Waals surface area contributed by atoms with Crippen LogP contribution >= 0.6 is 15.9 Å². The van der Waals surface area contributed by atoms with Crippen molar-refractivity contribution in [1.82, 2.24) is 5.32 Å². The monoisotopic (exact) mass is 346 g/mol. The van der Waals surface area contributed by atoms with E-state index >= 15 is 0 Å². The Labute approximate surface area is 118 Å². The molecule has 8 heteroatoms. The van der Waals surface area contributed by atoms with Gasteiger partial charge >= 0.3 is 0 Å². The molecule has 0 amide bonds. The second-order valence-corrected chi connectivity index (χ2v) is 6.88. The van der Waals surface area contributed by atoms with Gasteiger partial charge in [-0.2, -0.15) is 0 Å². The van der Waals surface area contributed by atoms with Gasteiger partial charge < -0.3 is 5.32 Å². The van der Waals surface area contributed by atoms with Crippen molar-refractivity contribution in [1.29, 1.82) is 0 Å². The molecule has 0 radical (unpaired) electrons. The molecule has 1 aliphatic heterocycles. The zero-order valence-corrected chi connectivity index (χ0v) is 12.1. The van der Waals surface area contributed by atoms with E-state index in [1.54, 1.807) is 18.2 Å². The summed E-state index contributed by atoms with van der Waals surface area (Å²) < 4.78 is 22.9. The summed E-state index contributed by atoms with van der Waals surface area (Å²) in [5, 5.41) is 15.0.